The van der Waals surface area contributed by atoms with Crippen LogP contribution in [0.1, 0.15) is 36.8 Å². The van der Waals surface area contributed by atoms with Crippen molar-refractivity contribution in [2.75, 3.05) is 21.3 Å². The molecule has 0 amide bonds. The number of carboxylic acid groups (broad SMARTS) is 4. The second-order valence-electron chi connectivity index (χ2n) is 9.52. The number of aldehydes is 3. The van der Waals surface area contributed by atoms with E-state index in [1.165, 1.54) is 64.0 Å². The van der Waals surface area contributed by atoms with Crippen LogP contribution in [0.15, 0.2) is 128 Å². The van der Waals surface area contributed by atoms with Gasteiger partial charge in [0.05, 0.1) is 33.2 Å². The van der Waals surface area contributed by atoms with Crippen molar-refractivity contribution in [2.24, 2.45) is 0 Å². The molecule has 0 saturated carbocycles. The highest BCUT2D eigenvalue weighted by Gasteiger charge is 2.10. The van der Waals surface area contributed by atoms with Gasteiger partial charge in [0.15, 0.2) is 29.3 Å². The number of phenolic OH excluding ortho intramolecular Hbond substituents is 3. The van der Waals surface area contributed by atoms with Crippen molar-refractivity contribution in [3.05, 3.63) is 146 Å². The molecular weight excluding hydrogens is 796 g/mol. The monoisotopic (exact) mass is 842 g/mol. The number of hydrogen-bond acceptors (Lipinski definition) is 15. The van der Waals surface area contributed by atoms with Gasteiger partial charge >= 0.3 is 23.9 Å². The Bertz CT molecular complexity index is 1830. The molecule has 0 aliphatic carbocycles. The first-order valence-corrected chi connectivity index (χ1v) is 15.9. The van der Waals surface area contributed by atoms with E-state index in [0.717, 1.165) is 24.3 Å². The Morgan fingerprint density at radius 3 is 1.23 bits per heavy atom. The highest BCUT2D eigenvalue weighted by atomic mass is 16.5. The van der Waals surface area contributed by atoms with Gasteiger partial charge in [-0.2, -0.15) is 0 Å². The lowest BCUT2D eigenvalue weighted by molar-refractivity contribution is -0.132. The second-order valence-corrected chi connectivity index (χ2v) is 9.52. The van der Waals surface area contributed by atoms with E-state index in [2.05, 4.69) is 26.3 Å². The first kappa shape index (κ1) is 58.3. The molecule has 19 heteroatoms. The lowest BCUT2D eigenvalue weighted by atomic mass is 10.2. The molecule has 1 aromatic heterocycles. The second kappa shape index (κ2) is 37.5. The van der Waals surface area contributed by atoms with E-state index >= 15 is 0 Å². The van der Waals surface area contributed by atoms with E-state index < -0.39 is 23.9 Å². The van der Waals surface area contributed by atoms with E-state index in [0.29, 0.717) is 47.1 Å². The number of hydrogen-bond donors (Lipinski definition) is 8. The minimum Gasteiger partial charge on any atom is -0.507 e. The zero-order valence-electron chi connectivity index (χ0n) is 32.6. The van der Waals surface area contributed by atoms with E-state index in [4.69, 9.17) is 54.4 Å². The Labute approximate surface area is 343 Å². The molecule has 0 radical (unpaired) electrons. The van der Waals surface area contributed by atoms with Crippen LogP contribution >= 0.6 is 0 Å². The summed E-state index contributed by atoms with van der Waals surface area (Å²) < 4.78 is 19.2. The van der Waals surface area contributed by atoms with Gasteiger partial charge in [0.1, 0.15) is 30.7 Å². The van der Waals surface area contributed by atoms with Crippen LogP contribution in [0.2, 0.25) is 0 Å². The summed E-state index contributed by atoms with van der Waals surface area (Å²) in [7, 11) is 4.25. The third kappa shape index (κ3) is 31.9. The van der Waals surface area contributed by atoms with Gasteiger partial charge in [0, 0.05) is 35.4 Å². The van der Waals surface area contributed by atoms with Gasteiger partial charge < -0.3 is 59.5 Å². The highest BCUT2D eigenvalue weighted by Crippen LogP contribution is 2.36. The predicted octanol–water partition coefficient (Wildman–Crippen LogP) is 5.44. The van der Waals surface area contributed by atoms with Gasteiger partial charge in [-0.15, -0.1) is 0 Å². The first-order valence-electron chi connectivity index (χ1n) is 15.9. The van der Waals surface area contributed by atoms with Gasteiger partial charge in [-0.1, -0.05) is 38.4 Å². The van der Waals surface area contributed by atoms with Crippen LogP contribution < -0.4 is 14.2 Å². The molecule has 3 aromatic carbocycles. The van der Waals surface area contributed by atoms with Crippen molar-refractivity contribution in [1.29, 1.82) is 0 Å². The molecule has 0 fully saturated rings. The number of para-hydroxylation sites is 1. The molecule has 0 spiro atoms. The summed E-state index contributed by atoms with van der Waals surface area (Å²) in [6.07, 6.45) is 6.84. The van der Waals surface area contributed by atoms with Crippen LogP contribution in [-0.2, 0) is 25.8 Å². The third-order valence-corrected chi connectivity index (χ3v) is 5.48. The maximum Gasteiger partial charge on any atom is 0.327 e. The van der Waals surface area contributed by atoms with Crippen LogP contribution in [0.4, 0.5) is 0 Å². The summed E-state index contributed by atoms with van der Waals surface area (Å²) in [4.78, 5) is 67.8. The largest absolute Gasteiger partial charge is 0.507 e. The number of carbonyl (C=O) groups excluding carboxylic acids is 3. The fraction of sp³-hybridized carbons (Fsp3) is 0.0976. The molecule has 0 unspecified atom stereocenters. The van der Waals surface area contributed by atoms with Gasteiger partial charge in [-0.25, -0.2) is 19.2 Å². The number of methoxy groups -OCH3 is 3. The molecule has 8 N–H and O–H groups in total. The molecule has 4 rings (SSSR count). The summed E-state index contributed by atoms with van der Waals surface area (Å²) >= 11 is 0. The lowest BCUT2D eigenvalue weighted by Crippen LogP contribution is -1.91. The zero-order valence-corrected chi connectivity index (χ0v) is 32.6. The molecule has 0 saturated heterocycles. The Kier molecular flexibility index (Phi) is 36.4. The molecule has 19 nitrogen and oxygen atoms in total. The van der Waals surface area contributed by atoms with Crippen molar-refractivity contribution in [3.63, 3.8) is 0 Å². The number of ether oxygens (including phenoxy) is 3. The molecular formula is C41H46O19. The first-order chi connectivity index (χ1) is 28.4. The normalized spacial score (nSPS) is 8.27. The van der Waals surface area contributed by atoms with Crippen molar-refractivity contribution in [3.8, 4) is 34.5 Å². The highest BCUT2D eigenvalue weighted by molar-refractivity contribution is 5.80. The molecule has 60 heavy (non-hydrogen) atoms. The van der Waals surface area contributed by atoms with E-state index in [-0.39, 0.29) is 35.4 Å². The van der Waals surface area contributed by atoms with Gasteiger partial charge in [-0.3, -0.25) is 14.4 Å². The van der Waals surface area contributed by atoms with Crippen molar-refractivity contribution in [1.82, 2.24) is 0 Å². The van der Waals surface area contributed by atoms with Crippen molar-refractivity contribution >= 4 is 42.7 Å². The summed E-state index contributed by atoms with van der Waals surface area (Å²) in [5.41, 5.74) is 1.21. The van der Waals surface area contributed by atoms with Gasteiger partial charge in [0.2, 0.25) is 5.75 Å². The molecule has 0 bridgehead atoms. The van der Waals surface area contributed by atoms with Crippen molar-refractivity contribution in [2.45, 2.75) is 6.61 Å². The van der Waals surface area contributed by atoms with Gasteiger partial charge in [0.25, 0.3) is 0 Å². The number of rotatable bonds is 11. The number of aromatic hydroxyl groups is 3. The van der Waals surface area contributed by atoms with E-state index in [1.54, 1.807) is 30.3 Å². The lowest BCUT2D eigenvalue weighted by Gasteiger charge is -2.08. The molecule has 0 atom stereocenters. The number of phenols is 3. The van der Waals surface area contributed by atoms with Crippen LogP contribution in [0, 0.1) is 0 Å². The maximum absolute atomic E-state index is 10.5. The average Bonchev–Trinajstić information content (AvgIpc) is 3.80. The molecule has 324 valence electrons. The standard InChI is InChI=1S/C9H10O4.C8H8O3.C7H6O2.C5H6O2.4C3H4O2/c1-12-7-3-6(5-10)4-8(13-2)9(7)11;1-11-8-4-6(5-9)2-3-7(8)10;8-5-6-3-1-2-4-7(6)9;6-4-5-2-1-3-7-5;4*1-2-3(4)5/h3-5,11H,1-2H3;2-5,10H,1H3;1-5,9H;1-3,6H,4H2;4*2H,1H2,(H,4,5). The molecule has 1 heterocycles. The summed E-state index contributed by atoms with van der Waals surface area (Å²) in [6.45, 7) is 11.8. The quantitative estimate of drug-likeness (QED) is 0.0688. The average molecular weight is 843 g/mol. The van der Waals surface area contributed by atoms with Crippen LogP contribution in [0.3, 0.4) is 0 Å². The topological polar surface area (TPSA) is 322 Å². The fourth-order valence-corrected chi connectivity index (χ4v) is 2.74. The molecule has 4 aromatic rings. The zero-order chi connectivity index (χ0) is 47.1. The summed E-state index contributed by atoms with van der Waals surface area (Å²) in [6, 6.07) is 17.1. The third-order valence-electron chi connectivity index (χ3n) is 5.48. The maximum atomic E-state index is 10.5. The SMILES string of the molecule is C=CC(=O)O.C=CC(=O)O.C=CC(=O)O.C=CC(=O)O.COc1cc(C=O)cc(OC)c1O.COc1cc(C=O)ccc1O.O=Cc1ccccc1O.OCc1ccco1. The van der Waals surface area contributed by atoms with Crippen LogP contribution in [0.5, 0.6) is 34.5 Å². The van der Waals surface area contributed by atoms with Crippen molar-refractivity contribution < 1.29 is 93.0 Å². The van der Waals surface area contributed by atoms with E-state index in [9.17, 15) is 38.7 Å². The smallest absolute Gasteiger partial charge is 0.327 e. The minimum atomic E-state index is -0.981. The number of aliphatic hydroxyl groups excluding tert-OH is 1. The molecule has 0 aliphatic heterocycles. The number of aliphatic hydroxyl groups is 1. The predicted molar refractivity (Wildman–Crippen MR) is 216 cm³/mol. The molecule has 0 aliphatic rings. The van der Waals surface area contributed by atoms with Crippen LogP contribution in [-0.4, -0.2) is 105 Å². The van der Waals surface area contributed by atoms with Gasteiger partial charge in [-0.05, 0) is 54.6 Å². The number of carbonyl (C=O) groups is 7. The summed E-state index contributed by atoms with van der Waals surface area (Å²) in [5.74, 6) is -2.58. The van der Waals surface area contributed by atoms with Crippen LogP contribution in [0.25, 0.3) is 0 Å². The Morgan fingerprint density at radius 2 is 0.967 bits per heavy atom. The van der Waals surface area contributed by atoms with E-state index in [1.807, 2.05) is 0 Å². The Hall–Kier alpha value is -8.45. The summed E-state index contributed by atoms with van der Waals surface area (Å²) in [5, 5.41) is 66.2. The number of aliphatic carboxylic acids is 4. The minimum absolute atomic E-state index is 0.00694. The Morgan fingerprint density at radius 1 is 0.567 bits per heavy atom. The number of furan rings is 1. The Balaban J connectivity index is -0.000000308. The number of benzene rings is 3. The number of carboxylic acids is 4. The fourth-order valence-electron chi connectivity index (χ4n) is 2.74.